The van der Waals surface area contributed by atoms with Crippen molar-refractivity contribution in [3.05, 3.63) is 46.3 Å². The van der Waals surface area contributed by atoms with Gasteiger partial charge in [0.15, 0.2) is 5.75 Å². The van der Waals surface area contributed by atoms with Crippen molar-refractivity contribution in [1.29, 1.82) is 0 Å². The Labute approximate surface area is 128 Å². The number of hydrogen-bond donors (Lipinski definition) is 0. The number of anilines is 1. The van der Waals surface area contributed by atoms with E-state index in [2.05, 4.69) is 10.00 Å². The number of ether oxygens (including phenoxy) is 1. The van der Waals surface area contributed by atoms with Gasteiger partial charge in [0.2, 0.25) is 0 Å². The Kier molecular flexibility index (Phi) is 3.70. The Bertz CT molecular complexity index is 698. The highest BCUT2D eigenvalue weighted by molar-refractivity contribution is 5.70. The first-order valence-electron chi connectivity index (χ1n) is 7.18. The maximum atomic E-state index is 11.5. The summed E-state index contributed by atoms with van der Waals surface area (Å²) in [6.07, 6.45) is 5.75. The van der Waals surface area contributed by atoms with E-state index in [4.69, 9.17) is 4.74 Å². The molecule has 7 nitrogen and oxygen atoms in total. The number of hydrogen-bond acceptors (Lipinski definition) is 5. The van der Waals surface area contributed by atoms with E-state index < -0.39 is 0 Å². The molecule has 7 heteroatoms. The molecule has 0 radical (unpaired) electrons. The first-order valence-corrected chi connectivity index (χ1v) is 7.18. The Morgan fingerprint density at radius 2 is 2.27 bits per heavy atom. The second-order valence-electron chi connectivity index (χ2n) is 5.38. The summed E-state index contributed by atoms with van der Waals surface area (Å²) in [6.45, 7) is 0.785. The van der Waals surface area contributed by atoms with E-state index in [1.54, 1.807) is 22.9 Å². The second-order valence-corrected chi connectivity index (χ2v) is 5.38. The minimum absolute atomic E-state index is 0.0285. The lowest BCUT2D eigenvalue weighted by Gasteiger charge is -2.26. The number of aryl methyl sites for hydroxylation is 1. The number of benzene rings is 1. The van der Waals surface area contributed by atoms with Crippen molar-refractivity contribution in [1.82, 2.24) is 9.78 Å². The van der Waals surface area contributed by atoms with Gasteiger partial charge in [-0.2, -0.15) is 5.10 Å². The standard InChI is InChI=1S/C15H18N4O3/c1-17-10-11(9-16-17)12-6-4-8-18(12)13-5-3-7-14(22-2)15(13)19(20)21/h3,5,7,9-10,12H,4,6,8H2,1-2H3/t12-/m0/s1. The lowest BCUT2D eigenvalue weighted by atomic mass is 10.1. The van der Waals surface area contributed by atoms with Gasteiger partial charge in [0, 0.05) is 25.4 Å². The molecule has 2 aromatic rings. The molecular weight excluding hydrogens is 284 g/mol. The average molecular weight is 302 g/mol. The summed E-state index contributed by atoms with van der Waals surface area (Å²) in [4.78, 5) is 13.2. The van der Waals surface area contributed by atoms with Crippen LogP contribution in [0.2, 0.25) is 0 Å². The first-order chi connectivity index (χ1) is 10.6. The van der Waals surface area contributed by atoms with Crippen LogP contribution in [0.4, 0.5) is 11.4 Å². The van der Waals surface area contributed by atoms with Crippen molar-refractivity contribution in [2.24, 2.45) is 7.05 Å². The van der Waals surface area contributed by atoms with Crippen molar-refractivity contribution < 1.29 is 9.66 Å². The predicted octanol–water partition coefficient (Wildman–Crippen LogP) is 2.68. The van der Waals surface area contributed by atoms with E-state index in [-0.39, 0.29) is 16.7 Å². The van der Waals surface area contributed by atoms with Crippen LogP contribution in [0.5, 0.6) is 5.75 Å². The van der Waals surface area contributed by atoms with Crippen LogP contribution in [0.25, 0.3) is 0 Å². The molecule has 0 saturated carbocycles. The minimum Gasteiger partial charge on any atom is -0.490 e. The highest BCUT2D eigenvalue weighted by Crippen LogP contribution is 2.43. The number of nitro groups is 1. The molecule has 22 heavy (non-hydrogen) atoms. The zero-order valence-electron chi connectivity index (χ0n) is 12.6. The van der Waals surface area contributed by atoms with Gasteiger partial charge in [0.05, 0.1) is 24.3 Å². The van der Waals surface area contributed by atoms with Crippen molar-refractivity contribution in [2.45, 2.75) is 18.9 Å². The van der Waals surface area contributed by atoms with Crippen molar-refractivity contribution in [3.63, 3.8) is 0 Å². The molecule has 1 atom stereocenters. The van der Waals surface area contributed by atoms with Crippen LogP contribution >= 0.6 is 0 Å². The van der Waals surface area contributed by atoms with E-state index in [0.717, 1.165) is 24.9 Å². The summed E-state index contributed by atoms with van der Waals surface area (Å²) in [5.41, 5.74) is 1.72. The van der Waals surface area contributed by atoms with Crippen molar-refractivity contribution in [2.75, 3.05) is 18.6 Å². The molecule has 0 N–H and O–H groups in total. The van der Waals surface area contributed by atoms with E-state index in [1.165, 1.54) is 7.11 Å². The third-order valence-corrected chi connectivity index (χ3v) is 4.05. The summed E-state index contributed by atoms with van der Waals surface area (Å²) >= 11 is 0. The van der Waals surface area contributed by atoms with Crippen LogP contribution in [0, 0.1) is 10.1 Å². The van der Waals surface area contributed by atoms with Gasteiger partial charge in [-0.05, 0) is 25.0 Å². The summed E-state index contributed by atoms with van der Waals surface area (Å²) in [7, 11) is 3.32. The number of aromatic nitrogens is 2. The number of nitro benzene ring substituents is 1. The molecule has 1 fully saturated rings. The van der Waals surface area contributed by atoms with Gasteiger partial charge in [0.1, 0.15) is 5.69 Å². The van der Waals surface area contributed by atoms with Crippen LogP contribution in [0.1, 0.15) is 24.4 Å². The quantitative estimate of drug-likeness (QED) is 0.641. The van der Waals surface area contributed by atoms with Crippen LogP contribution in [0.15, 0.2) is 30.6 Å². The van der Waals surface area contributed by atoms with Crippen molar-refractivity contribution >= 4 is 11.4 Å². The number of methoxy groups -OCH3 is 1. The third kappa shape index (κ3) is 2.38. The predicted molar refractivity (Wildman–Crippen MR) is 82.2 cm³/mol. The summed E-state index contributed by atoms with van der Waals surface area (Å²) in [5, 5.41) is 15.7. The molecule has 1 saturated heterocycles. The summed E-state index contributed by atoms with van der Waals surface area (Å²) in [6, 6.07) is 5.31. The molecule has 0 spiro atoms. The van der Waals surface area contributed by atoms with Gasteiger partial charge in [-0.15, -0.1) is 0 Å². The molecule has 1 aliphatic heterocycles. The highest BCUT2D eigenvalue weighted by atomic mass is 16.6. The van der Waals surface area contributed by atoms with Crippen LogP contribution in [-0.4, -0.2) is 28.4 Å². The molecule has 3 rings (SSSR count). The number of nitrogens with zero attached hydrogens (tertiary/aromatic N) is 4. The molecule has 0 bridgehead atoms. The van der Waals surface area contributed by atoms with Gasteiger partial charge in [0.25, 0.3) is 0 Å². The highest BCUT2D eigenvalue weighted by Gasteiger charge is 2.33. The van der Waals surface area contributed by atoms with Crippen LogP contribution in [0.3, 0.4) is 0 Å². The molecule has 1 aromatic carbocycles. The average Bonchev–Trinajstić information content (AvgIpc) is 3.14. The van der Waals surface area contributed by atoms with Gasteiger partial charge >= 0.3 is 5.69 Å². The molecule has 0 aliphatic carbocycles. The van der Waals surface area contributed by atoms with E-state index in [1.807, 2.05) is 19.4 Å². The van der Waals surface area contributed by atoms with Crippen LogP contribution in [-0.2, 0) is 7.05 Å². The van der Waals surface area contributed by atoms with E-state index in [0.29, 0.717) is 11.4 Å². The third-order valence-electron chi connectivity index (χ3n) is 4.05. The van der Waals surface area contributed by atoms with Gasteiger partial charge in [-0.3, -0.25) is 14.8 Å². The topological polar surface area (TPSA) is 73.4 Å². The SMILES string of the molecule is COc1cccc(N2CCC[C@H]2c2cnn(C)c2)c1[N+](=O)[O-]. The van der Waals surface area contributed by atoms with Gasteiger partial charge in [-0.1, -0.05) is 6.07 Å². The number of para-hydroxylation sites is 1. The summed E-state index contributed by atoms with van der Waals surface area (Å²) < 4.78 is 6.92. The van der Waals surface area contributed by atoms with E-state index in [9.17, 15) is 10.1 Å². The molecular formula is C15H18N4O3. The smallest absolute Gasteiger partial charge is 0.333 e. The fourth-order valence-corrected chi connectivity index (χ4v) is 3.10. The Hall–Kier alpha value is -2.57. The molecule has 116 valence electrons. The van der Waals surface area contributed by atoms with Crippen LogP contribution < -0.4 is 9.64 Å². The Morgan fingerprint density at radius 3 is 2.91 bits per heavy atom. The monoisotopic (exact) mass is 302 g/mol. The lowest BCUT2D eigenvalue weighted by Crippen LogP contribution is -2.23. The number of rotatable bonds is 4. The normalized spacial score (nSPS) is 17.7. The first kappa shape index (κ1) is 14.4. The van der Waals surface area contributed by atoms with E-state index >= 15 is 0 Å². The zero-order valence-corrected chi connectivity index (χ0v) is 12.6. The molecule has 1 aromatic heterocycles. The van der Waals surface area contributed by atoms with Gasteiger partial charge < -0.3 is 9.64 Å². The maximum Gasteiger partial charge on any atom is 0.333 e. The molecule has 0 unspecified atom stereocenters. The fraction of sp³-hybridized carbons (Fsp3) is 0.400. The molecule has 0 amide bonds. The molecule has 2 heterocycles. The maximum absolute atomic E-state index is 11.5. The zero-order chi connectivity index (χ0) is 15.7. The Balaban J connectivity index is 2.04. The summed E-state index contributed by atoms with van der Waals surface area (Å²) in [5.74, 6) is 0.291. The lowest BCUT2D eigenvalue weighted by molar-refractivity contribution is -0.385. The second kappa shape index (κ2) is 5.67. The fourth-order valence-electron chi connectivity index (χ4n) is 3.10. The van der Waals surface area contributed by atoms with Crippen molar-refractivity contribution in [3.8, 4) is 5.75 Å². The Morgan fingerprint density at radius 1 is 1.45 bits per heavy atom. The van der Waals surface area contributed by atoms with Gasteiger partial charge in [-0.25, -0.2) is 0 Å². The molecule has 1 aliphatic rings. The minimum atomic E-state index is -0.368. The largest absolute Gasteiger partial charge is 0.490 e.